The van der Waals surface area contributed by atoms with Gasteiger partial charge in [-0.25, -0.2) is 4.98 Å². The van der Waals surface area contributed by atoms with Crippen LogP contribution in [-0.2, 0) is 0 Å². The van der Waals surface area contributed by atoms with Crippen molar-refractivity contribution in [3.63, 3.8) is 0 Å². The summed E-state index contributed by atoms with van der Waals surface area (Å²) in [6.07, 6.45) is 9.99. The fourth-order valence-corrected chi connectivity index (χ4v) is 3.31. The number of hydrogen-bond acceptors (Lipinski definition) is 3. The van der Waals surface area contributed by atoms with E-state index in [-0.39, 0.29) is 0 Å². The number of nitrogens with zero attached hydrogens (tertiary/aromatic N) is 3. The zero-order valence-electron chi connectivity index (χ0n) is 15.9. The van der Waals surface area contributed by atoms with E-state index >= 15 is 0 Å². The Balaban J connectivity index is 0.000000671. The molecule has 0 amide bonds. The van der Waals surface area contributed by atoms with E-state index in [1.807, 2.05) is 47.0 Å². The van der Waals surface area contributed by atoms with Crippen molar-refractivity contribution in [1.82, 2.24) is 14.4 Å². The molecule has 0 spiro atoms. The molecule has 2 aromatic rings. The van der Waals surface area contributed by atoms with Crippen molar-refractivity contribution < 1.29 is 5.11 Å². The first-order chi connectivity index (χ1) is 11.7. The molecule has 0 saturated heterocycles. The summed E-state index contributed by atoms with van der Waals surface area (Å²) >= 11 is 0. The SMILES string of the molecule is C=Cc1nccn2c(C3CCC(CO)CC3)nc(C)c12.CC.CC. The van der Waals surface area contributed by atoms with Crippen molar-refractivity contribution in [2.45, 2.75) is 66.2 Å². The smallest absolute Gasteiger partial charge is 0.116 e. The van der Waals surface area contributed by atoms with Gasteiger partial charge in [-0.3, -0.25) is 9.38 Å². The normalized spacial score (nSPS) is 19.8. The van der Waals surface area contributed by atoms with Crippen molar-refractivity contribution >= 4 is 11.6 Å². The van der Waals surface area contributed by atoms with Crippen LogP contribution in [-0.4, -0.2) is 26.1 Å². The number of aromatic nitrogens is 3. The molecule has 1 saturated carbocycles. The first kappa shape index (κ1) is 20.4. The van der Waals surface area contributed by atoms with Gasteiger partial charge < -0.3 is 5.11 Å². The molecule has 3 rings (SSSR count). The summed E-state index contributed by atoms with van der Waals surface area (Å²) in [5.74, 6) is 2.10. The van der Waals surface area contributed by atoms with Crippen LogP contribution in [0.4, 0.5) is 0 Å². The molecule has 1 aliphatic carbocycles. The van der Waals surface area contributed by atoms with Gasteiger partial charge >= 0.3 is 0 Å². The van der Waals surface area contributed by atoms with Crippen LogP contribution in [0.3, 0.4) is 0 Å². The molecular formula is C20H33N3O. The number of aryl methyl sites for hydroxylation is 1. The summed E-state index contributed by atoms with van der Waals surface area (Å²) in [6.45, 7) is 14.2. The fraction of sp³-hybridized carbons (Fsp3) is 0.600. The molecular weight excluding hydrogens is 298 g/mol. The fourth-order valence-electron chi connectivity index (χ4n) is 3.31. The zero-order valence-corrected chi connectivity index (χ0v) is 15.9. The van der Waals surface area contributed by atoms with E-state index in [9.17, 15) is 5.11 Å². The number of aliphatic hydroxyl groups excluding tert-OH is 1. The molecule has 0 aromatic carbocycles. The van der Waals surface area contributed by atoms with Gasteiger partial charge in [0, 0.05) is 24.9 Å². The van der Waals surface area contributed by atoms with Crippen molar-refractivity contribution in [2.24, 2.45) is 5.92 Å². The quantitative estimate of drug-likeness (QED) is 0.861. The lowest BCUT2D eigenvalue weighted by molar-refractivity contribution is 0.181. The Morgan fingerprint density at radius 1 is 1.21 bits per heavy atom. The highest BCUT2D eigenvalue weighted by Gasteiger charge is 2.26. The van der Waals surface area contributed by atoms with E-state index < -0.39 is 0 Å². The molecule has 4 nitrogen and oxygen atoms in total. The zero-order chi connectivity index (χ0) is 18.1. The van der Waals surface area contributed by atoms with Crippen molar-refractivity contribution in [1.29, 1.82) is 0 Å². The van der Waals surface area contributed by atoms with Gasteiger partial charge in [-0.05, 0) is 44.6 Å². The third kappa shape index (κ3) is 4.23. The van der Waals surface area contributed by atoms with Gasteiger partial charge in [0.25, 0.3) is 0 Å². The Kier molecular flexibility index (Phi) is 8.69. The predicted octanol–water partition coefficient (Wildman–Crippen LogP) is 5.00. The molecule has 0 atom stereocenters. The lowest BCUT2D eigenvalue weighted by Crippen LogP contribution is -2.17. The van der Waals surface area contributed by atoms with Crippen LogP contribution in [0.15, 0.2) is 19.0 Å². The molecule has 0 radical (unpaired) electrons. The van der Waals surface area contributed by atoms with Gasteiger partial charge in [0.1, 0.15) is 5.82 Å². The van der Waals surface area contributed by atoms with Gasteiger partial charge in [0.05, 0.1) is 16.9 Å². The van der Waals surface area contributed by atoms with Crippen LogP contribution in [0.5, 0.6) is 0 Å². The molecule has 1 fully saturated rings. The second-order valence-corrected chi connectivity index (χ2v) is 5.69. The summed E-state index contributed by atoms with van der Waals surface area (Å²) in [4.78, 5) is 9.14. The summed E-state index contributed by atoms with van der Waals surface area (Å²) in [7, 11) is 0. The topological polar surface area (TPSA) is 50.4 Å². The van der Waals surface area contributed by atoms with Crippen LogP contribution in [0.25, 0.3) is 11.6 Å². The predicted molar refractivity (Wildman–Crippen MR) is 102 cm³/mol. The molecule has 4 heteroatoms. The van der Waals surface area contributed by atoms with Gasteiger partial charge in [-0.2, -0.15) is 0 Å². The van der Waals surface area contributed by atoms with E-state index in [1.165, 1.54) is 0 Å². The highest BCUT2D eigenvalue weighted by Crippen LogP contribution is 2.36. The number of rotatable bonds is 3. The standard InChI is InChI=1S/C16H21N3O.2C2H6/c1-3-14-15-11(2)18-16(19(15)9-8-17-14)13-6-4-12(10-20)5-7-13;2*1-2/h3,8-9,12-13,20H,1,4-7,10H2,2H3;2*1-2H3. The van der Waals surface area contributed by atoms with Crippen LogP contribution in [0.2, 0.25) is 0 Å². The average molecular weight is 332 g/mol. The summed E-state index contributed by atoms with van der Waals surface area (Å²) in [6, 6.07) is 0. The van der Waals surface area contributed by atoms with Crippen LogP contribution >= 0.6 is 0 Å². The van der Waals surface area contributed by atoms with Gasteiger partial charge in [-0.15, -0.1) is 0 Å². The Morgan fingerprint density at radius 2 is 1.83 bits per heavy atom. The monoisotopic (exact) mass is 331 g/mol. The molecule has 1 aliphatic rings. The second-order valence-electron chi connectivity index (χ2n) is 5.69. The third-order valence-electron chi connectivity index (χ3n) is 4.45. The summed E-state index contributed by atoms with van der Waals surface area (Å²) < 4.78 is 2.17. The number of aliphatic hydroxyl groups is 1. The lowest BCUT2D eigenvalue weighted by atomic mass is 9.82. The Labute approximate surface area is 146 Å². The number of hydrogen-bond donors (Lipinski definition) is 1. The summed E-state index contributed by atoms with van der Waals surface area (Å²) in [5.41, 5.74) is 2.99. The van der Waals surface area contributed by atoms with Gasteiger partial charge in [-0.1, -0.05) is 34.3 Å². The molecule has 0 aliphatic heterocycles. The molecule has 0 unspecified atom stereocenters. The highest BCUT2D eigenvalue weighted by atomic mass is 16.3. The third-order valence-corrected chi connectivity index (χ3v) is 4.45. The minimum Gasteiger partial charge on any atom is -0.396 e. The first-order valence-electron chi connectivity index (χ1n) is 9.31. The second kappa shape index (κ2) is 10.2. The van der Waals surface area contributed by atoms with E-state index in [1.54, 1.807) is 6.08 Å². The molecule has 134 valence electrons. The minimum absolute atomic E-state index is 0.318. The van der Waals surface area contributed by atoms with E-state index in [2.05, 4.69) is 16.0 Å². The van der Waals surface area contributed by atoms with E-state index in [0.29, 0.717) is 18.4 Å². The van der Waals surface area contributed by atoms with Crippen LogP contribution in [0.1, 0.15) is 76.5 Å². The van der Waals surface area contributed by atoms with E-state index in [0.717, 1.165) is 48.4 Å². The molecule has 0 bridgehead atoms. The summed E-state index contributed by atoms with van der Waals surface area (Å²) in [5, 5.41) is 9.25. The Bertz CT molecular complexity index is 625. The largest absolute Gasteiger partial charge is 0.396 e. The minimum atomic E-state index is 0.318. The number of fused-ring (bicyclic) bond motifs is 1. The Morgan fingerprint density at radius 3 is 2.38 bits per heavy atom. The average Bonchev–Trinajstić information content (AvgIpc) is 3.02. The number of imidazole rings is 1. The Hall–Kier alpha value is -1.68. The molecule has 24 heavy (non-hydrogen) atoms. The van der Waals surface area contributed by atoms with Gasteiger partial charge in [0.2, 0.25) is 0 Å². The maximum absolute atomic E-state index is 9.25. The molecule has 2 heterocycles. The van der Waals surface area contributed by atoms with Gasteiger partial charge in [0.15, 0.2) is 0 Å². The molecule has 2 aromatic heterocycles. The highest BCUT2D eigenvalue weighted by molar-refractivity contribution is 5.68. The first-order valence-corrected chi connectivity index (χ1v) is 9.31. The maximum Gasteiger partial charge on any atom is 0.116 e. The van der Waals surface area contributed by atoms with Crippen LogP contribution < -0.4 is 0 Å². The van der Waals surface area contributed by atoms with Crippen molar-refractivity contribution in [2.75, 3.05) is 6.61 Å². The lowest BCUT2D eigenvalue weighted by Gasteiger charge is -2.26. The van der Waals surface area contributed by atoms with E-state index in [4.69, 9.17) is 4.98 Å². The van der Waals surface area contributed by atoms with Crippen molar-refractivity contribution in [3.05, 3.63) is 36.2 Å². The maximum atomic E-state index is 9.25. The molecule has 1 N–H and O–H groups in total. The van der Waals surface area contributed by atoms with Crippen molar-refractivity contribution in [3.8, 4) is 0 Å². The van der Waals surface area contributed by atoms with Crippen LogP contribution in [0, 0.1) is 12.8 Å².